The van der Waals surface area contributed by atoms with Crippen molar-refractivity contribution in [3.63, 3.8) is 0 Å². The van der Waals surface area contributed by atoms with Crippen molar-refractivity contribution in [3.8, 4) is 5.75 Å². The van der Waals surface area contributed by atoms with E-state index in [0.29, 0.717) is 51.4 Å². The molecular formula is C30H38F3N3O5. The van der Waals surface area contributed by atoms with Crippen LogP contribution in [0, 0.1) is 11.8 Å². The number of hydrogen-bond acceptors (Lipinski definition) is 6. The highest BCUT2D eigenvalue weighted by atomic mass is 19.4. The number of nitrogens with zero attached hydrogens (tertiary/aromatic N) is 2. The lowest BCUT2D eigenvalue weighted by molar-refractivity contribution is -0.137. The van der Waals surface area contributed by atoms with E-state index in [2.05, 4.69) is 5.32 Å². The second-order valence-electron chi connectivity index (χ2n) is 11.1. The first-order valence-corrected chi connectivity index (χ1v) is 13.9. The topological polar surface area (TPSA) is 91.3 Å². The van der Waals surface area contributed by atoms with Gasteiger partial charge in [0.15, 0.2) is 5.75 Å². The van der Waals surface area contributed by atoms with Crippen molar-refractivity contribution >= 4 is 17.5 Å². The first-order chi connectivity index (χ1) is 19.5. The molecule has 1 fully saturated rings. The van der Waals surface area contributed by atoms with Crippen LogP contribution in [0.5, 0.6) is 5.75 Å². The van der Waals surface area contributed by atoms with Gasteiger partial charge in [0, 0.05) is 44.7 Å². The average molecular weight is 578 g/mol. The van der Waals surface area contributed by atoms with Crippen LogP contribution in [0.3, 0.4) is 0 Å². The maximum Gasteiger partial charge on any atom is 0.416 e. The Hall–Kier alpha value is -3.15. The standard InChI is InChI=1S/C30H38F3N3O5/c1-19-15-36(20(2)18-37)29(39)24-5-4-6-25(34-28(38)22-11-13-40-14-12-22)27(24)41-26(19)17-35(3)16-21-7-9-23(10-8-21)30(31,32)33/h4-10,19-20,22,26,37H,11-18H2,1-3H3,(H,34,38)/t19-,20+,26+/m1/s1. The number of aliphatic hydroxyl groups is 1. The molecule has 0 unspecified atom stereocenters. The summed E-state index contributed by atoms with van der Waals surface area (Å²) in [5, 5.41) is 12.9. The summed E-state index contributed by atoms with van der Waals surface area (Å²) in [4.78, 5) is 30.3. The molecule has 2 aliphatic heterocycles. The Labute approximate surface area is 238 Å². The number of para-hydroxylation sites is 1. The van der Waals surface area contributed by atoms with Crippen LogP contribution in [0.25, 0.3) is 0 Å². The Morgan fingerprint density at radius 3 is 2.49 bits per heavy atom. The van der Waals surface area contributed by atoms with Crippen LogP contribution in [0.2, 0.25) is 0 Å². The fourth-order valence-electron chi connectivity index (χ4n) is 5.24. The van der Waals surface area contributed by atoms with E-state index in [0.717, 1.165) is 17.7 Å². The molecule has 0 radical (unpaired) electrons. The second kappa shape index (κ2) is 13.2. The van der Waals surface area contributed by atoms with Crippen molar-refractivity contribution in [1.82, 2.24) is 9.80 Å². The fourth-order valence-corrected chi connectivity index (χ4v) is 5.24. The summed E-state index contributed by atoms with van der Waals surface area (Å²) in [6, 6.07) is 9.67. The Balaban J connectivity index is 1.60. The molecule has 0 aromatic heterocycles. The number of likely N-dealkylation sites (N-methyl/N-ethyl adjacent to an activating group) is 1. The Kier molecular flexibility index (Phi) is 9.93. The number of amides is 2. The van der Waals surface area contributed by atoms with Gasteiger partial charge in [-0.25, -0.2) is 0 Å². The van der Waals surface area contributed by atoms with E-state index >= 15 is 0 Å². The molecule has 2 aliphatic rings. The van der Waals surface area contributed by atoms with Gasteiger partial charge in [-0.15, -0.1) is 0 Å². The zero-order chi connectivity index (χ0) is 29.7. The molecule has 3 atom stereocenters. The number of halogens is 3. The third kappa shape index (κ3) is 7.58. The van der Waals surface area contributed by atoms with Gasteiger partial charge in [-0.3, -0.25) is 14.5 Å². The molecule has 4 rings (SSSR count). The number of carbonyl (C=O) groups is 2. The molecule has 2 aromatic carbocycles. The van der Waals surface area contributed by atoms with E-state index in [1.807, 2.05) is 18.9 Å². The summed E-state index contributed by atoms with van der Waals surface area (Å²) in [6.07, 6.45) is -3.61. The van der Waals surface area contributed by atoms with E-state index < -0.39 is 23.9 Å². The lowest BCUT2D eigenvalue weighted by Crippen LogP contribution is -2.49. The molecule has 11 heteroatoms. The normalized spacial score (nSPS) is 21.1. The van der Waals surface area contributed by atoms with Crippen molar-refractivity contribution in [1.29, 1.82) is 0 Å². The molecule has 224 valence electrons. The molecule has 0 bridgehead atoms. The molecule has 2 heterocycles. The Bertz CT molecular complexity index is 1200. The molecular weight excluding hydrogens is 539 g/mol. The number of fused-ring (bicyclic) bond motifs is 1. The van der Waals surface area contributed by atoms with Crippen LogP contribution in [-0.2, 0) is 22.3 Å². The smallest absolute Gasteiger partial charge is 0.416 e. The molecule has 0 saturated carbocycles. The summed E-state index contributed by atoms with van der Waals surface area (Å²) in [6.45, 7) is 5.65. The highest BCUT2D eigenvalue weighted by molar-refractivity contribution is 6.02. The molecule has 41 heavy (non-hydrogen) atoms. The van der Waals surface area contributed by atoms with Crippen molar-refractivity contribution in [2.75, 3.05) is 45.3 Å². The van der Waals surface area contributed by atoms with E-state index in [-0.39, 0.29) is 41.6 Å². The number of rotatable bonds is 8. The van der Waals surface area contributed by atoms with Crippen LogP contribution < -0.4 is 10.1 Å². The highest BCUT2D eigenvalue weighted by Gasteiger charge is 2.35. The predicted molar refractivity (Wildman–Crippen MR) is 148 cm³/mol. The molecule has 1 saturated heterocycles. The molecule has 2 aromatic rings. The number of nitrogens with one attached hydrogen (secondary N) is 1. The van der Waals surface area contributed by atoms with Gasteiger partial charge in [-0.05, 0) is 56.6 Å². The fraction of sp³-hybridized carbons (Fsp3) is 0.533. The van der Waals surface area contributed by atoms with E-state index in [1.165, 1.54) is 12.1 Å². The third-order valence-corrected chi connectivity index (χ3v) is 7.77. The van der Waals surface area contributed by atoms with E-state index in [1.54, 1.807) is 30.0 Å². The maximum absolute atomic E-state index is 13.7. The zero-order valence-electron chi connectivity index (χ0n) is 23.6. The van der Waals surface area contributed by atoms with Crippen molar-refractivity contribution in [2.24, 2.45) is 11.8 Å². The summed E-state index contributed by atoms with van der Waals surface area (Å²) in [7, 11) is 1.85. The van der Waals surface area contributed by atoms with Crippen molar-refractivity contribution in [3.05, 3.63) is 59.2 Å². The number of ether oxygens (including phenoxy) is 2. The first-order valence-electron chi connectivity index (χ1n) is 13.9. The summed E-state index contributed by atoms with van der Waals surface area (Å²) >= 11 is 0. The quantitative estimate of drug-likeness (QED) is 0.483. The van der Waals surface area contributed by atoms with Gasteiger partial charge in [0.1, 0.15) is 6.10 Å². The summed E-state index contributed by atoms with van der Waals surface area (Å²) in [5.41, 5.74) is 0.705. The zero-order valence-corrected chi connectivity index (χ0v) is 23.6. The predicted octanol–water partition coefficient (Wildman–Crippen LogP) is 4.42. The van der Waals surface area contributed by atoms with E-state index in [9.17, 15) is 27.9 Å². The number of carbonyl (C=O) groups excluding carboxylic acids is 2. The number of anilines is 1. The van der Waals surface area contributed by atoms with Crippen LogP contribution in [-0.4, -0.2) is 78.8 Å². The minimum Gasteiger partial charge on any atom is -0.486 e. The van der Waals surface area contributed by atoms with Crippen molar-refractivity contribution < 1.29 is 37.3 Å². The third-order valence-electron chi connectivity index (χ3n) is 7.77. The lowest BCUT2D eigenvalue weighted by atomic mass is 9.98. The van der Waals surface area contributed by atoms with Crippen molar-refractivity contribution in [2.45, 2.75) is 51.6 Å². The second-order valence-corrected chi connectivity index (χ2v) is 11.1. The van der Waals surface area contributed by atoms with Crippen LogP contribution in [0.15, 0.2) is 42.5 Å². The molecule has 0 aliphatic carbocycles. The molecule has 0 spiro atoms. The Morgan fingerprint density at radius 1 is 1.17 bits per heavy atom. The summed E-state index contributed by atoms with van der Waals surface area (Å²) in [5.74, 6) is -0.571. The molecule has 2 N–H and O–H groups in total. The minimum absolute atomic E-state index is 0.163. The van der Waals surface area contributed by atoms with Gasteiger partial charge >= 0.3 is 6.18 Å². The van der Waals surface area contributed by atoms with Crippen LogP contribution in [0.4, 0.5) is 18.9 Å². The highest BCUT2D eigenvalue weighted by Crippen LogP contribution is 2.36. The number of benzene rings is 2. The van der Waals surface area contributed by atoms with E-state index in [4.69, 9.17) is 9.47 Å². The number of aliphatic hydroxyl groups excluding tert-OH is 1. The minimum atomic E-state index is -4.40. The summed E-state index contributed by atoms with van der Waals surface area (Å²) < 4.78 is 50.9. The number of hydrogen-bond donors (Lipinski definition) is 2. The largest absolute Gasteiger partial charge is 0.486 e. The average Bonchev–Trinajstić information content (AvgIpc) is 2.95. The SMILES string of the molecule is C[C@@H]1CN([C@@H](C)CO)C(=O)c2cccc(NC(=O)C3CCOCC3)c2O[C@H]1CN(C)Cc1ccc(C(F)(F)F)cc1. The Morgan fingerprint density at radius 2 is 1.85 bits per heavy atom. The molecule has 2 amide bonds. The molecule has 8 nitrogen and oxygen atoms in total. The monoisotopic (exact) mass is 577 g/mol. The van der Waals surface area contributed by atoms with Gasteiger partial charge in [0.2, 0.25) is 5.91 Å². The van der Waals surface area contributed by atoms with Gasteiger partial charge in [-0.1, -0.05) is 25.1 Å². The maximum atomic E-state index is 13.7. The lowest BCUT2D eigenvalue weighted by Gasteiger charge is -2.38. The van der Waals surface area contributed by atoms with Gasteiger partial charge < -0.3 is 24.8 Å². The first kappa shape index (κ1) is 30.8. The van der Waals surface area contributed by atoms with Crippen LogP contribution >= 0.6 is 0 Å². The van der Waals surface area contributed by atoms with Gasteiger partial charge in [0.25, 0.3) is 5.91 Å². The van der Waals surface area contributed by atoms with Crippen LogP contribution in [0.1, 0.15) is 48.2 Å². The van der Waals surface area contributed by atoms with Gasteiger partial charge in [0.05, 0.1) is 29.5 Å². The van der Waals surface area contributed by atoms with Gasteiger partial charge in [-0.2, -0.15) is 13.2 Å². The number of alkyl halides is 3.